The lowest BCUT2D eigenvalue weighted by molar-refractivity contribution is -0.122. The van der Waals surface area contributed by atoms with Gasteiger partial charge in [-0.15, -0.1) is 0 Å². The molecule has 0 unspecified atom stereocenters. The molecule has 170 valence electrons. The van der Waals surface area contributed by atoms with Gasteiger partial charge in [0, 0.05) is 23.9 Å². The first kappa shape index (κ1) is 22.1. The van der Waals surface area contributed by atoms with Crippen LogP contribution in [0, 0.1) is 0 Å². The lowest BCUT2D eigenvalue weighted by Crippen LogP contribution is -2.35. The van der Waals surface area contributed by atoms with E-state index in [1.807, 2.05) is 0 Å². The predicted octanol–water partition coefficient (Wildman–Crippen LogP) is 2.94. The summed E-state index contributed by atoms with van der Waals surface area (Å²) in [5.41, 5.74) is 0.815. The van der Waals surface area contributed by atoms with Crippen molar-refractivity contribution in [3.05, 3.63) is 78.1 Å². The molecule has 4 rings (SSSR count). The van der Waals surface area contributed by atoms with Crippen LogP contribution in [0.1, 0.15) is 41.8 Å². The third-order valence-electron chi connectivity index (χ3n) is 5.28. The number of anilines is 1. The highest BCUT2D eigenvalue weighted by atomic mass is 16.3. The van der Waals surface area contributed by atoms with Crippen molar-refractivity contribution in [2.24, 2.45) is 0 Å². The van der Waals surface area contributed by atoms with E-state index in [1.165, 1.54) is 23.2 Å². The minimum atomic E-state index is -0.550. The molecule has 0 radical (unpaired) electrons. The fourth-order valence-electron chi connectivity index (χ4n) is 3.66. The van der Waals surface area contributed by atoms with Gasteiger partial charge >= 0.3 is 0 Å². The van der Waals surface area contributed by atoms with Gasteiger partial charge < -0.3 is 20.4 Å². The summed E-state index contributed by atoms with van der Waals surface area (Å²) in [6.45, 7) is 0.0617. The number of furan rings is 1. The average molecular weight is 447 g/mol. The summed E-state index contributed by atoms with van der Waals surface area (Å²) in [5.74, 6) is -0.683. The molecule has 2 aromatic heterocycles. The molecule has 0 bridgehead atoms. The van der Waals surface area contributed by atoms with Gasteiger partial charge in [0.1, 0.15) is 18.0 Å². The third kappa shape index (κ3) is 6.19. The third-order valence-corrected chi connectivity index (χ3v) is 5.28. The number of rotatable bonds is 8. The van der Waals surface area contributed by atoms with Gasteiger partial charge in [-0.3, -0.25) is 19.1 Å². The molecule has 9 nitrogen and oxygen atoms in total. The monoisotopic (exact) mass is 447 g/mol. The van der Waals surface area contributed by atoms with Crippen LogP contribution in [-0.4, -0.2) is 33.5 Å². The molecule has 1 aromatic carbocycles. The van der Waals surface area contributed by atoms with Crippen molar-refractivity contribution in [2.45, 2.75) is 38.3 Å². The zero-order valence-corrected chi connectivity index (χ0v) is 18.0. The van der Waals surface area contributed by atoms with Crippen LogP contribution in [0.4, 0.5) is 5.69 Å². The quantitative estimate of drug-likeness (QED) is 0.459. The SMILES string of the molecule is O=C(Cn1cc(NC(=O)C(=Cc2ccco2)NC(=O)c2ccccc2)cn1)NC1CCCC1. The molecule has 1 aliphatic rings. The second kappa shape index (κ2) is 10.4. The number of nitrogens with one attached hydrogen (secondary N) is 3. The second-order valence-corrected chi connectivity index (χ2v) is 7.82. The molecule has 1 saturated carbocycles. The molecule has 0 spiro atoms. The Morgan fingerprint density at radius 2 is 1.88 bits per heavy atom. The summed E-state index contributed by atoms with van der Waals surface area (Å²) in [5, 5.41) is 12.5. The molecule has 9 heteroatoms. The van der Waals surface area contributed by atoms with E-state index < -0.39 is 11.8 Å². The molecule has 1 aliphatic carbocycles. The van der Waals surface area contributed by atoms with Crippen molar-refractivity contribution in [3.63, 3.8) is 0 Å². The summed E-state index contributed by atoms with van der Waals surface area (Å²) in [6.07, 6.45) is 10.2. The summed E-state index contributed by atoms with van der Waals surface area (Å²) in [7, 11) is 0. The van der Waals surface area contributed by atoms with E-state index in [0.717, 1.165) is 25.7 Å². The van der Waals surface area contributed by atoms with Gasteiger partial charge in [-0.2, -0.15) is 5.10 Å². The van der Waals surface area contributed by atoms with E-state index in [4.69, 9.17) is 4.42 Å². The van der Waals surface area contributed by atoms with Crippen molar-refractivity contribution in [1.82, 2.24) is 20.4 Å². The Balaban J connectivity index is 1.41. The Labute approximate surface area is 190 Å². The van der Waals surface area contributed by atoms with Crippen LogP contribution < -0.4 is 16.0 Å². The Morgan fingerprint density at radius 1 is 1.09 bits per heavy atom. The lowest BCUT2D eigenvalue weighted by atomic mass is 10.2. The zero-order valence-electron chi connectivity index (χ0n) is 18.0. The van der Waals surface area contributed by atoms with Crippen LogP contribution in [0.15, 0.2) is 71.2 Å². The first-order valence-electron chi connectivity index (χ1n) is 10.8. The van der Waals surface area contributed by atoms with E-state index in [0.29, 0.717) is 17.0 Å². The maximum atomic E-state index is 12.9. The van der Waals surface area contributed by atoms with Gasteiger partial charge in [-0.1, -0.05) is 31.0 Å². The fraction of sp³-hybridized carbons (Fsp3) is 0.250. The Hall–Kier alpha value is -4.14. The highest BCUT2D eigenvalue weighted by molar-refractivity contribution is 6.10. The van der Waals surface area contributed by atoms with Crippen molar-refractivity contribution in [1.29, 1.82) is 0 Å². The number of carbonyl (C=O) groups is 3. The van der Waals surface area contributed by atoms with Gasteiger partial charge in [0.2, 0.25) is 5.91 Å². The maximum absolute atomic E-state index is 12.9. The minimum Gasteiger partial charge on any atom is -0.465 e. The van der Waals surface area contributed by atoms with E-state index in [2.05, 4.69) is 21.0 Å². The van der Waals surface area contributed by atoms with Crippen molar-refractivity contribution >= 4 is 29.5 Å². The topological polar surface area (TPSA) is 118 Å². The van der Waals surface area contributed by atoms with Crippen LogP contribution in [0.25, 0.3) is 6.08 Å². The number of hydrogen-bond acceptors (Lipinski definition) is 5. The van der Waals surface area contributed by atoms with Crippen LogP contribution in [-0.2, 0) is 16.1 Å². The molecule has 2 heterocycles. The molecular formula is C24H25N5O4. The van der Waals surface area contributed by atoms with Crippen LogP contribution in [0.3, 0.4) is 0 Å². The average Bonchev–Trinajstić information content (AvgIpc) is 3.58. The summed E-state index contributed by atoms with van der Waals surface area (Å²) in [6, 6.07) is 12.2. The molecular weight excluding hydrogens is 422 g/mol. The molecule has 0 atom stereocenters. The predicted molar refractivity (Wildman–Crippen MR) is 122 cm³/mol. The van der Waals surface area contributed by atoms with Gasteiger partial charge in [-0.05, 0) is 37.1 Å². The molecule has 0 aliphatic heterocycles. The molecule has 3 aromatic rings. The number of aromatic nitrogens is 2. The first-order valence-corrected chi connectivity index (χ1v) is 10.8. The van der Waals surface area contributed by atoms with E-state index >= 15 is 0 Å². The van der Waals surface area contributed by atoms with Crippen LogP contribution >= 0.6 is 0 Å². The van der Waals surface area contributed by atoms with Gasteiger partial charge in [-0.25, -0.2) is 0 Å². The molecule has 0 saturated heterocycles. The van der Waals surface area contributed by atoms with E-state index in [1.54, 1.807) is 48.7 Å². The zero-order chi connectivity index (χ0) is 23.0. The summed E-state index contributed by atoms with van der Waals surface area (Å²) in [4.78, 5) is 37.7. The molecule has 33 heavy (non-hydrogen) atoms. The molecule has 3 N–H and O–H groups in total. The molecule has 3 amide bonds. The van der Waals surface area contributed by atoms with Crippen molar-refractivity contribution in [2.75, 3.05) is 5.32 Å². The smallest absolute Gasteiger partial charge is 0.272 e. The van der Waals surface area contributed by atoms with Gasteiger partial charge in [0.15, 0.2) is 0 Å². The number of hydrogen-bond donors (Lipinski definition) is 3. The van der Waals surface area contributed by atoms with Crippen molar-refractivity contribution in [3.8, 4) is 0 Å². The van der Waals surface area contributed by atoms with E-state index in [-0.39, 0.29) is 24.2 Å². The summed E-state index contributed by atoms with van der Waals surface area (Å²) >= 11 is 0. The number of nitrogens with zero attached hydrogens (tertiary/aromatic N) is 2. The van der Waals surface area contributed by atoms with Crippen LogP contribution in [0.2, 0.25) is 0 Å². The van der Waals surface area contributed by atoms with Crippen molar-refractivity contribution < 1.29 is 18.8 Å². The first-order chi connectivity index (χ1) is 16.1. The number of carbonyl (C=O) groups excluding carboxylic acids is 3. The van der Waals surface area contributed by atoms with E-state index in [9.17, 15) is 14.4 Å². The maximum Gasteiger partial charge on any atom is 0.272 e. The second-order valence-electron chi connectivity index (χ2n) is 7.82. The fourth-order valence-corrected chi connectivity index (χ4v) is 3.66. The highest BCUT2D eigenvalue weighted by Gasteiger charge is 2.18. The molecule has 1 fully saturated rings. The standard InChI is InChI=1S/C24H25N5O4/c30-22(26-18-9-4-5-10-18)16-29-15-19(14-25-29)27-24(32)21(13-20-11-6-12-33-20)28-23(31)17-7-2-1-3-8-17/h1-3,6-8,11-15,18H,4-5,9-10,16H2,(H,26,30)(H,27,32)(H,28,31). The largest absolute Gasteiger partial charge is 0.465 e. The minimum absolute atomic E-state index is 0.00512. The Morgan fingerprint density at radius 3 is 2.61 bits per heavy atom. The normalized spacial score (nSPS) is 14.1. The van der Waals surface area contributed by atoms with Gasteiger partial charge in [0.05, 0.1) is 18.1 Å². The van der Waals surface area contributed by atoms with Gasteiger partial charge in [0.25, 0.3) is 11.8 Å². The Kier molecular flexibility index (Phi) is 6.99. The lowest BCUT2D eigenvalue weighted by Gasteiger charge is -2.11. The number of benzene rings is 1. The summed E-state index contributed by atoms with van der Waals surface area (Å²) < 4.78 is 6.74. The highest BCUT2D eigenvalue weighted by Crippen LogP contribution is 2.17. The number of amides is 3. The van der Waals surface area contributed by atoms with Crippen LogP contribution in [0.5, 0.6) is 0 Å². The Bertz CT molecular complexity index is 1130.